The van der Waals surface area contributed by atoms with Crippen molar-refractivity contribution in [3.8, 4) is 0 Å². The normalized spacial score (nSPS) is 17.0. The Kier molecular flexibility index (Phi) is 6.19. The molecule has 1 fully saturated rings. The van der Waals surface area contributed by atoms with Crippen molar-refractivity contribution in [1.82, 2.24) is 5.32 Å². The van der Waals surface area contributed by atoms with Crippen LogP contribution < -0.4 is 10.6 Å². The van der Waals surface area contributed by atoms with Gasteiger partial charge in [-0.2, -0.15) is 0 Å². The van der Waals surface area contributed by atoms with Crippen LogP contribution in [0.25, 0.3) is 0 Å². The Morgan fingerprint density at radius 3 is 2.78 bits per heavy atom. The van der Waals surface area contributed by atoms with Gasteiger partial charge in [0.15, 0.2) is 0 Å². The van der Waals surface area contributed by atoms with Crippen LogP contribution in [0.2, 0.25) is 0 Å². The Hall–Kier alpha value is -2.73. The minimum absolute atomic E-state index is 0.0626. The lowest BCUT2D eigenvalue weighted by atomic mass is 10.1. The second-order valence-corrected chi connectivity index (χ2v) is 6.71. The zero-order valence-corrected chi connectivity index (χ0v) is 15.6. The van der Waals surface area contributed by atoms with Crippen molar-refractivity contribution >= 4 is 17.6 Å². The molecule has 0 radical (unpaired) electrons. The first-order chi connectivity index (χ1) is 13.0. The number of carbonyl (C=O) groups excluding carboxylic acids is 1. The minimum Gasteiger partial charge on any atom is -0.376 e. The Balaban J connectivity index is 1.76. The number of nitrogens with zero attached hydrogens (tertiary/aromatic N) is 1. The number of aliphatic imine (C=N–C) groups is 1. The van der Waals surface area contributed by atoms with Gasteiger partial charge in [0.05, 0.1) is 12.6 Å². The topological polar surface area (TPSA) is 62.7 Å². The van der Waals surface area contributed by atoms with Gasteiger partial charge >= 0.3 is 0 Å². The van der Waals surface area contributed by atoms with Crippen LogP contribution >= 0.6 is 0 Å². The van der Waals surface area contributed by atoms with Crippen LogP contribution in [0.1, 0.15) is 34.3 Å². The third-order valence-corrected chi connectivity index (χ3v) is 4.57. The number of carbonyl (C=O) groups is 1. The summed E-state index contributed by atoms with van der Waals surface area (Å²) in [6.07, 6.45) is 2.04. The zero-order valence-electron chi connectivity index (χ0n) is 15.6. The SMILES string of the molecule is Cc1ccc(NC(=NC[C@H]2CCCO2)NC(=O)c2cccc(F)c2)cc1C. The van der Waals surface area contributed by atoms with Crippen molar-refractivity contribution in [2.24, 2.45) is 4.99 Å². The van der Waals surface area contributed by atoms with E-state index in [0.29, 0.717) is 12.5 Å². The van der Waals surface area contributed by atoms with Crippen LogP contribution in [0.5, 0.6) is 0 Å². The number of hydrogen-bond donors (Lipinski definition) is 2. The summed E-state index contributed by atoms with van der Waals surface area (Å²) in [5, 5.41) is 5.90. The van der Waals surface area contributed by atoms with Gasteiger partial charge in [-0.25, -0.2) is 9.38 Å². The van der Waals surface area contributed by atoms with Crippen molar-refractivity contribution < 1.29 is 13.9 Å². The van der Waals surface area contributed by atoms with Gasteiger partial charge in [0.2, 0.25) is 5.96 Å². The molecule has 142 valence electrons. The summed E-state index contributed by atoms with van der Waals surface area (Å²) in [5.41, 5.74) is 3.38. The second-order valence-electron chi connectivity index (χ2n) is 6.71. The molecular formula is C21H24FN3O2. The molecule has 2 aromatic carbocycles. The summed E-state index contributed by atoms with van der Waals surface area (Å²) in [5.74, 6) is -0.553. The first kappa shape index (κ1) is 19.0. The van der Waals surface area contributed by atoms with Gasteiger partial charge in [-0.05, 0) is 68.1 Å². The summed E-state index contributed by atoms with van der Waals surface area (Å²) in [4.78, 5) is 17.0. The molecule has 1 amide bonds. The zero-order chi connectivity index (χ0) is 19.2. The number of anilines is 1. The fourth-order valence-electron chi connectivity index (χ4n) is 2.86. The average molecular weight is 369 g/mol. The number of guanidine groups is 1. The van der Waals surface area contributed by atoms with E-state index in [0.717, 1.165) is 30.7 Å². The lowest BCUT2D eigenvalue weighted by Crippen LogP contribution is -2.36. The van der Waals surface area contributed by atoms with Gasteiger partial charge in [0, 0.05) is 17.9 Å². The van der Waals surface area contributed by atoms with E-state index in [-0.39, 0.29) is 11.7 Å². The van der Waals surface area contributed by atoms with Crippen LogP contribution in [-0.2, 0) is 4.74 Å². The molecule has 1 heterocycles. The van der Waals surface area contributed by atoms with Crippen molar-refractivity contribution in [2.45, 2.75) is 32.8 Å². The molecule has 0 saturated carbocycles. The molecule has 0 unspecified atom stereocenters. The van der Waals surface area contributed by atoms with Crippen molar-refractivity contribution in [3.05, 3.63) is 65.0 Å². The lowest BCUT2D eigenvalue weighted by Gasteiger charge is -2.14. The Morgan fingerprint density at radius 2 is 2.07 bits per heavy atom. The van der Waals surface area contributed by atoms with Gasteiger partial charge < -0.3 is 10.1 Å². The van der Waals surface area contributed by atoms with E-state index in [4.69, 9.17) is 4.74 Å². The molecule has 0 aromatic heterocycles. The molecule has 1 saturated heterocycles. The third kappa shape index (κ3) is 5.37. The standard InChI is InChI=1S/C21H24FN3O2/c1-14-8-9-18(11-15(14)2)24-21(23-13-19-7-4-10-27-19)25-20(26)16-5-3-6-17(22)12-16/h3,5-6,8-9,11-12,19H,4,7,10,13H2,1-2H3,(H2,23,24,25,26)/t19-/m1/s1. The maximum atomic E-state index is 13.4. The van der Waals surface area contributed by atoms with Crippen LogP contribution in [0.4, 0.5) is 10.1 Å². The molecule has 6 heteroatoms. The fraction of sp³-hybridized carbons (Fsp3) is 0.333. The van der Waals surface area contributed by atoms with E-state index in [1.807, 2.05) is 32.0 Å². The van der Waals surface area contributed by atoms with Gasteiger partial charge in [-0.3, -0.25) is 10.1 Å². The first-order valence-electron chi connectivity index (χ1n) is 9.08. The van der Waals surface area contributed by atoms with E-state index >= 15 is 0 Å². The molecule has 1 aliphatic rings. The average Bonchev–Trinajstić information content (AvgIpc) is 3.16. The quantitative estimate of drug-likeness (QED) is 0.636. The highest BCUT2D eigenvalue weighted by molar-refractivity contribution is 6.10. The summed E-state index contributed by atoms with van der Waals surface area (Å²) in [7, 11) is 0. The molecule has 27 heavy (non-hydrogen) atoms. The van der Waals surface area contributed by atoms with Crippen molar-refractivity contribution in [1.29, 1.82) is 0 Å². The van der Waals surface area contributed by atoms with Gasteiger partial charge in [-0.15, -0.1) is 0 Å². The monoisotopic (exact) mass is 369 g/mol. The van der Waals surface area contributed by atoms with Crippen LogP contribution in [-0.4, -0.2) is 31.1 Å². The molecule has 0 aliphatic carbocycles. The van der Waals surface area contributed by atoms with Gasteiger partial charge in [0.25, 0.3) is 5.91 Å². The molecule has 1 aliphatic heterocycles. The molecule has 2 N–H and O–H groups in total. The Bertz CT molecular complexity index is 845. The van der Waals surface area contributed by atoms with E-state index in [2.05, 4.69) is 15.6 Å². The minimum atomic E-state index is -0.456. The number of amides is 1. The highest BCUT2D eigenvalue weighted by atomic mass is 19.1. The van der Waals surface area contributed by atoms with E-state index in [9.17, 15) is 9.18 Å². The molecule has 3 rings (SSSR count). The predicted molar refractivity (Wildman–Crippen MR) is 105 cm³/mol. The maximum absolute atomic E-state index is 13.4. The van der Waals surface area contributed by atoms with Gasteiger partial charge in [0.1, 0.15) is 5.82 Å². The molecule has 5 nitrogen and oxygen atoms in total. The highest BCUT2D eigenvalue weighted by Crippen LogP contribution is 2.15. The summed E-state index contributed by atoms with van der Waals surface area (Å²) in [6.45, 7) is 5.26. The maximum Gasteiger partial charge on any atom is 0.258 e. The molecule has 2 aromatic rings. The van der Waals surface area contributed by atoms with E-state index in [1.54, 1.807) is 6.07 Å². The Labute approximate surface area is 158 Å². The third-order valence-electron chi connectivity index (χ3n) is 4.57. The largest absolute Gasteiger partial charge is 0.376 e. The predicted octanol–water partition coefficient (Wildman–Crippen LogP) is 3.82. The molecule has 0 spiro atoms. The highest BCUT2D eigenvalue weighted by Gasteiger charge is 2.16. The molecule has 0 bridgehead atoms. The second kappa shape index (κ2) is 8.77. The van der Waals surface area contributed by atoms with Crippen LogP contribution in [0, 0.1) is 19.7 Å². The lowest BCUT2D eigenvalue weighted by molar-refractivity contribution is 0.0975. The number of halogens is 1. The molecular weight excluding hydrogens is 345 g/mol. The Morgan fingerprint density at radius 1 is 1.22 bits per heavy atom. The number of rotatable bonds is 4. The van der Waals surface area contributed by atoms with Crippen molar-refractivity contribution in [3.63, 3.8) is 0 Å². The smallest absolute Gasteiger partial charge is 0.258 e. The van der Waals surface area contributed by atoms with Crippen molar-refractivity contribution in [2.75, 3.05) is 18.5 Å². The van der Waals surface area contributed by atoms with E-state index < -0.39 is 11.7 Å². The van der Waals surface area contributed by atoms with E-state index in [1.165, 1.54) is 23.8 Å². The first-order valence-corrected chi connectivity index (χ1v) is 9.08. The van der Waals surface area contributed by atoms with Crippen LogP contribution in [0.3, 0.4) is 0 Å². The summed E-state index contributed by atoms with van der Waals surface area (Å²) < 4.78 is 19.0. The number of ether oxygens (including phenoxy) is 1. The summed E-state index contributed by atoms with van der Waals surface area (Å²) in [6, 6.07) is 11.5. The number of nitrogens with one attached hydrogen (secondary N) is 2. The summed E-state index contributed by atoms with van der Waals surface area (Å²) >= 11 is 0. The number of hydrogen-bond acceptors (Lipinski definition) is 3. The number of benzene rings is 2. The number of aryl methyl sites for hydroxylation is 2. The molecule has 1 atom stereocenters. The fourth-order valence-corrected chi connectivity index (χ4v) is 2.86. The van der Waals surface area contributed by atoms with Crippen LogP contribution in [0.15, 0.2) is 47.5 Å². The van der Waals surface area contributed by atoms with Gasteiger partial charge in [-0.1, -0.05) is 12.1 Å².